The molecule has 2 aromatic rings. The van der Waals surface area contributed by atoms with Crippen molar-refractivity contribution in [2.24, 2.45) is 0 Å². The number of rotatable bonds is 1. The third-order valence-corrected chi connectivity index (χ3v) is 3.46. The molecular weight excluding hydrogens is 224 g/mol. The van der Waals surface area contributed by atoms with Gasteiger partial charge in [0, 0.05) is 31.2 Å². The highest BCUT2D eigenvalue weighted by molar-refractivity contribution is 5.55. The third kappa shape index (κ3) is 1.79. The van der Waals surface area contributed by atoms with Gasteiger partial charge in [0.1, 0.15) is 5.82 Å². The van der Waals surface area contributed by atoms with Crippen molar-refractivity contribution in [3.05, 3.63) is 47.4 Å². The van der Waals surface area contributed by atoms with Gasteiger partial charge in [0.05, 0.1) is 5.69 Å². The normalized spacial score (nSPS) is 14.4. The van der Waals surface area contributed by atoms with E-state index in [9.17, 15) is 0 Å². The molecule has 0 unspecified atom stereocenters. The molecule has 1 aromatic heterocycles. The molecule has 0 atom stereocenters. The predicted octanol–water partition coefficient (Wildman–Crippen LogP) is 1.93. The van der Waals surface area contributed by atoms with Gasteiger partial charge in [-0.3, -0.25) is 4.98 Å². The molecule has 1 aliphatic heterocycles. The van der Waals surface area contributed by atoms with Crippen LogP contribution in [-0.4, -0.2) is 16.5 Å². The van der Waals surface area contributed by atoms with E-state index in [4.69, 9.17) is 5.73 Å². The van der Waals surface area contributed by atoms with Gasteiger partial charge in [0.25, 0.3) is 0 Å². The molecule has 92 valence electrons. The van der Waals surface area contributed by atoms with Crippen molar-refractivity contribution in [1.29, 1.82) is 0 Å². The van der Waals surface area contributed by atoms with E-state index in [-0.39, 0.29) is 0 Å². The van der Waals surface area contributed by atoms with E-state index in [0.29, 0.717) is 0 Å². The number of nitrogens with zero attached hydrogens (tertiary/aromatic N) is 3. The lowest BCUT2D eigenvalue weighted by Gasteiger charge is -2.31. The van der Waals surface area contributed by atoms with Crippen molar-refractivity contribution >= 4 is 11.5 Å². The number of benzene rings is 1. The topological polar surface area (TPSA) is 55.0 Å². The lowest BCUT2D eigenvalue weighted by Crippen LogP contribution is -2.32. The molecule has 0 aliphatic carbocycles. The first kappa shape index (κ1) is 11.0. The summed E-state index contributed by atoms with van der Waals surface area (Å²) >= 11 is 0. The zero-order chi connectivity index (χ0) is 12.5. The van der Waals surface area contributed by atoms with Crippen LogP contribution in [0.3, 0.4) is 0 Å². The molecule has 2 heterocycles. The van der Waals surface area contributed by atoms with Crippen molar-refractivity contribution < 1.29 is 0 Å². The SMILES string of the molecule is Cc1nccnc1N1CCc2c(N)cccc2C1. The zero-order valence-corrected chi connectivity index (χ0v) is 10.4. The molecule has 1 aromatic carbocycles. The van der Waals surface area contributed by atoms with E-state index >= 15 is 0 Å². The number of hydrogen-bond acceptors (Lipinski definition) is 4. The van der Waals surface area contributed by atoms with Gasteiger partial charge in [-0.05, 0) is 30.5 Å². The first-order valence-electron chi connectivity index (χ1n) is 6.14. The van der Waals surface area contributed by atoms with Crippen LogP contribution < -0.4 is 10.6 Å². The van der Waals surface area contributed by atoms with E-state index < -0.39 is 0 Å². The minimum absolute atomic E-state index is 0.861. The second-order valence-corrected chi connectivity index (χ2v) is 4.62. The largest absolute Gasteiger partial charge is 0.398 e. The monoisotopic (exact) mass is 240 g/mol. The number of nitrogen functional groups attached to an aromatic ring is 1. The minimum Gasteiger partial charge on any atom is -0.398 e. The molecule has 0 spiro atoms. The molecule has 3 rings (SSSR count). The Balaban J connectivity index is 1.94. The maximum Gasteiger partial charge on any atom is 0.150 e. The lowest BCUT2D eigenvalue weighted by molar-refractivity contribution is 0.716. The summed E-state index contributed by atoms with van der Waals surface area (Å²) in [6, 6.07) is 6.13. The number of anilines is 2. The maximum absolute atomic E-state index is 6.01. The van der Waals surface area contributed by atoms with Crippen LogP contribution in [0.1, 0.15) is 16.8 Å². The fourth-order valence-electron chi connectivity index (χ4n) is 2.53. The summed E-state index contributed by atoms with van der Waals surface area (Å²) in [5.74, 6) is 0.977. The summed E-state index contributed by atoms with van der Waals surface area (Å²) in [4.78, 5) is 11.0. The van der Waals surface area contributed by atoms with Gasteiger partial charge in [-0.2, -0.15) is 0 Å². The lowest BCUT2D eigenvalue weighted by atomic mass is 9.98. The van der Waals surface area contributed by atoms with Crippen molar-refractivity contribution in [2.45, 2.75) is 19.9 Å². The molecule has 2 N–H and O–H groups in total. The fourth-order valence-corrected chi connectivity index (χ4v) is 2.53. The molecule has 0 bridgehead atoms. The van der Waals surface area contributed by atoms with Crippen LogP contribution in [0.15, 0.2) is 30.6 Å². The molecule has 0 fully saturated rings. The van der Waals surface area contributed by atoms with Gasteiger partial charge in [0.2, 0.25) is 0 Å². The Labute approximate surface area is 106 Å². The first-order valence-corrected chi connectivity index (χ1v) is 6.14. The highest BCUT2D eigenvalue weighted by Gasteiger charge is 2.20. The van der Waals surface area contributed by atoms with Crippen LogP contribution in [-0.2, 0) is 13.0 Å². The standard InChI is InChI=1S/C14H16N4/c1-10-14(17-7-6-16-10)18-8-5-12-11(9-18)3-2-4-13(12)15/h2-4,6-7H,5,8-9,15H2,1H3. The Bertz CT molecular complexity index is 580. The molecule has 18 heavy (non-hydrogen) atoms. The van der Waals surface area contributed by atoms with Crippen LogP contribution in [0.5, 0.6) is 0 Å². The predicted molar refractivity (Wildman–Crippen MR) is 72.4 cm³/mol. The summed E-state index contributed by atoms with van der Waals surface area (Å²) < 4.78 is 0. The molecular formula is C14H16N4. The molecule has 0 saturated carbocycles. The van der Waals surface area contributed by atoms with E-state index in [0.717, 1.165) is 36.7 Å². The average Bonchev–Trinajstić information content (AvgIpc) is 2.39. The van der Waals surface area contributed by atoms with Crippen LogP contribution in [0.2, 0.25) is 0 Å². The number of nitrogens with two attached hydrogens (primary N) is 1. The van der Waals surface area contributed by atoms with Gasteiger partial charge in [-0.25, -0.2) is 4.98 Å². The van der Waals surface area contributed by atoms with Crippen LogP contribution in [0.4, 0.5) is 11.5 Å². The van der Waals surface area contributed by atoms with E-state index in [1.54, 1.807) is 12.4 Å². The summed E-state index contributed by atoms with van der Waals surface area (Å²) in [6.07, 6.45) is 4.45. The van der Waals surface area contributed by atoms with Gasteiger partial charge < -0.3 is 10.6 Å². The van der Waals surface area contributed by atoms with Crippen LogP contribution in [0.25, 0.3) is 0 Å². The van der Waals surface area contributed by atoms with E-state index in [1.165, 1.54) is 11.1 Å². The third-order valence-electron chi connectivity index (χ3n) is 3.46. The summed E-state index contributed by atoms with van der Waals surface area (Å²) in [7, 11) is 0. The van der Waals surface area contributed by atoms with Crippen LogP contribution in [0, 0.1) is 6.92 Å². The quantitative estimate of drug-likeness (QED) is 0.774. The first-order chi connectivity index (χ1) is 8.75. The Morgan fingerprint density at radius 2 is 2.06 bits per heavy atom. The molecule has 1 aliphatic rings. The number of aromatic nitrogens is 2. The zero-order valence-electron chi connectivity index (χ0n) is 10.4. The Morgan fingerprint density at radius 1 is 1.22 bits per heavy atom. The highest BCUT2D eigenvalue weighted by Crippen LogP contribution is 2.27. The van der Waals surface area contributed by atoms with E-state index in [1.807, 2.05) is 19.1 Å². The molecule has 4 nitrogen and oxygen atoms in total. The smallest absolute Gasteiger partial charge is 0.150 e. The average molecular weight is 240 g/mol. The number of aryl methyl sites for hydroxylation is 1. The number of hydrogen-bond donors (Lipinski definition) is 1. The summed E-state index contributed by atoms with van der Waals surface area (Å²) in [6.45, 7) is 3.80. The molecule has 0 saturated heterocycles. The van der Waals surface area contributed by atoms with Gasteiger partial charge in [-0.1, -0.05) is 12.1 Å². The van der Waals surface area contributed by atoms with Crippen molar-refractivity contribution in [3.63, 3.8) is 0 Å². The van der Waals surface area contributed by atoms with Gasteiger partial charge >= 0.3 is 0 Å². The second kappa shape index (κ2) is 4.29. The number of fused-ring (bicyclic) bond motifs is 1. The minimum atomic E-state index is 0.861. The van der Waals surface area contributed by atoms with Crippen LogP contribution >= 0.6 is 0 Å². The highest BCUT2D eigenvalue weighted by atomic mass is 15.2. The molecule has 0 amide bonds. The van der Waals surface area contributed by atoms with E-state index in [2.05, 4.69) is 20.9 Å². The van der Waals surface area contributed by atoms with Gasteiger partial charge in [-0.15, -0.1) is 0 Å². The van der Waals surface area contributed by atoms with Gasteiger partial charge in [0.15, 0.2) is 0 Å². The fraction of sp³-hybridized carbons (Fsp3) is 0.286. The van der Waals surface area contributed by atoms with Crippen molar-refractivity contribution in [3.8, 4) is 0 Å². The Morgan fingerprint density at radius 3 is 2.89 bits per heavy atom. The summed E-state index contributed by atoms with van der Waals surface area (Å²) in [5, 5.41) is 0. The maximum atomic E-state index is 6.01. The Kier molecular flexibility index (Phi) is 2.63. The van der Waals surface area contributed by atoms with Crippen molar-refractivity contribution in [1.82, 2.24) is 9.97 Å². The second-order valence-electron chi connectivity index (χ2n) is 4.62. The molecule has 4 heteroatoms. The Hall–Kier alpha value is -2.10. The van der Waals surface area contributed by atoms with Crippen molar-refractivity contribution in [2.75, 3.05) is 17.2 Å². The molecule has 0 radical (unpaired) electrons. The summed E-state index contributed by atoms with van der Waals surface area (Å²) in [5.41, 5.74) is 10.5.